The van der Waals surface area contributed by atoms with Gasteiger partial charge in [0.2, 0.25) is 0 Å². The maximum Gasteiger partial charge on any atom is 0.500 e. The van der Waals surface area contributed by atoms with Crippen molar-refractivity contribution >= 4 is 21.2 Å². The predicted octanol–water partition coefficient (Wildman–Crippen LogP) is 2.36. The van der Waals surface area contributed by atoms with Crippen LogP contribution in [-0.4, -0.2) is 35.7 Å². The van der Waals surface area contributed by atoms with Crippen molar-refractivity contribution in [3.05, 3.63) is 12.2 Å². The van der Waals surface area contributed by atoms with Crippen LogP contribution in [0.4, 0.5) is 0 Å². The van der Waals surface area contributed by atoms with Crippen molar-refractivity contribution in [2.75, 3.05) is 21.3 Å². The molecule has 0 aromatic heterocycles. The topological polar surface area (TPSA) is 53.7 Å². The molecule has 0 rings (SSSR count). The summed E-state index contributed by atoms with van der Waals surface area (Å²) < 4.78 is 16.0. The van der Waals surface area contributed by atoms with Gasteiger partial charge < -0.3 is 19.0 Å². The van der Waals surface area contributed by atoms with Crippen molar-refractivity contribution in [2.24, 2.45) is 5.73 Å². The molecular formula is C11H26ClNO3Si. The predicted molar refractivity (Wildman–Crippen MR) is 75.5 cm³/mol. The molecule has 0 aliphatic rings. The smallest absolute Gasteiger partial charge is 0.377 e. The summed E-state index contributed by atoms with van der Waals surface area (Å²) in [5, 5.41) is 0. The molecule has 0 fully saturated rings. The zero-order valence-corrected chi connectivity index (χ0v) is 13.4. The molecule has 0 spiro atoms. The number of hydrogen-bond donors (Lipinski definition) is 1. The lowest BCUT2D eigenvalue weighted by Crippen LogP contribution is -2.42. The van der Waals surface area contributed by atoms with Gasteiger partial charge in [-0.15, -0.1) is 12.4 Å². The first-order valence-electron chi connectivity index (χ1n) is 5.44. The van der Waals surface area contributed by atoms with Gasteiger partial charge in [-0.05, 0) is 26.7 Å². The van der Waals surface area contributed by atoms with Crippen LogP contribution in [0.3, 0.4) is 0 Å². The fourth-order valence-corrected chi connectivity index (χ4v) is 3.12. The van der Waals surface area contributed by atoms with Crippen LogP contribution >= 0.6 is 12.4 Å². The van der Waals surface area contributed by atoms with Gasteiger partial charge in [-0.25, -0.2) is 0 Å². The Balaban J connectivity index is 0. The largest absolute Gasteiger partial charge is 0.500 e. The van der Waals surface area contributed by atoms with Crippen LogP contribution < -0.4 is 5.73 Å². The summed E-state index contributed by atoms with van der Waals surface area (Å²) in [6, 6.07) is 0.783. The fourth-order valence-electron chi connectivity index (χ4n) is 1.40. The van der Waals surface area contributed by atoms with E-state index in [0.717, 1.165) is 24.5 Å². The van der Waals surface area contributed by atoms with Gasteiger partial charge in [-0.3, -0.25) is 0 Å². The minimum atomic E-state index is -2.43. The Bertz CT molecular complexity index is 219. The Kier molecular flexibility index (Phi) is 9.41. The summed E-state index contributed by atoms with van der Waals surface area (Å²) in [5.41, 5.74) is 6.66. The first kappa shape index (κ1) is 19.4. The van der Waals surface area contributed by atoms with Crippen LogP contribution in [0.25, 0.3) is 0 Å². The Morgan fingerprint density at radius 3 is 1.88 bits per heavy atom. The Labute approximate surface area is 112 Å². The summed E-state index contributed by atoms with van der Waals surface area (Å²) >= 11 is 0. The number of nitrogens with two attached hydrogens (primary N) is 1. The van der Waals surface area contributed by atoms with Gasteiger partial charge in [-0.1, -0.05) is 12.2 Å². The Morgan fingerprint density at radius 2 is 1.59 bits per heavy atom. The van der Waals surface area contributed by atoms with Crippen molar-refractivity contribution in [3.63, 3.8) is 0 Å². The van der Waals surface area contributed by atoms with Crippen LogP contribution in [0.15, 0.2) is 12.2 Å². The summed E-state index contributed by atoms with van der Waals surface area (Å²) in [7, 11) is 2.45. The van der Waals surface area contributed by atoms with Crippen molar-refractivity contribution in [1.29, 1.82) is 0 Å². The SMILES string of the molecule is C=C(CCC[Si](OC)(OC)OC)C(C)(C)N.Cl. The average molecular weight is 284 g/mol. The van der Waals surface area contributed by atoms with Gasteiger partial charge in [0.25, 0.3) is 0 Å². The Morgan fingerprint density at radius 1 is 1.18 bits per heavy atom. The monoisotopic (exact) mass is 283 g/mol. The van der Waals surface area contributed by atoms with Crippen LogP contribution in [0.1, 0.15) is 26.7 Å². The van der Waals surface area contributed by atoms with E-state index < -0.39 is 8.80 Å². The van der Waals surface area contributed by atoms with Crippen molar-refractivity contribution in [3.8, 4) is 0 Å². The van der Waals surface area contributed by atoms with Crippen LogP contribution in [-0.2, 0) is 13.3 Å². The average Bonchev–Trinajstić information content (AvgIpc) is 2.23. The zero-order valence-electron chi connectivity index (χ0n) is 11.5. The van der Waals surface area contributed by atoms with Crippen LogP contribution in [0, 0.1) is 0 Å². The van der Waals surface area contributed by atoms with E-state index in [1.54, 1.807) is 21.3 Å². The highest BCUT2D eigenvalue weighted by Gasteiger charge is 2.37. The second-order valence-corrected chi connectivity index (χ2v) is 7.56. The van der Waals surface area contributed by atoms with E-state index in [0.29, 0.717) is 0 Å². The number of rotatable bonds is 8. The van der Waals surface area contributed by atoms with Gasteiger partial charge in [0.05, 0.1) is 0 Å². The number of hydrogen-bond acceptors (Lipinski definition) is 4. The summed E-state index contributed by atoms with van der Waals surface area (Å²) in [4.78, 5) is 0. The van der Waals surface area contributed by atoms with Gasteiger partial charge >= 0.3 is 8.80 Å². The molecule has 0 aromatic carbocycles. The number of halogens is 1. The molecule has 17 heavy (non-hydrogen) atoms. The maximum absolute atomic E-state index is 5.94. The minimum Gasteiger partial charge on any atom is -0.377 e. The van der Waals surface area contributed by atoms with Gasteiger partial charge in [0.15, 0.2) is 0 Å². The fraction of sp³-hybridized carbons (Fsp3) is 0.818. The lowest BCUT2D eigenvalue weighted by molar-refractivity contribution is 0.123. The van der Waals surface area contributed by atoms with E-state index >= 15 is 0 Å². The van der Waals surface area contributed by atoms with E-state index in [9.17, 15) is 0 Å². The molecule has 0 atom stereocenters. The zero-order chi connectivity index (χ0) is 12.8. The summed E-state index contributed by atoms with van der Waals surface area (Å²) in [5.74, 6) is 0. The first-order chi connectivity index (χ1) is 7.31. The van der Waals surface area contributed by atoms with E-state index in [-0.39, 0.29) is 17.9 Å². The van der Waals surface area contributed by atoms with Gasteiger partial charge in [0, 0.05) is 32.9 Å². The maximum atomic E-state index is 5.94. The van der Waals surface area contributed by atoms with E-state index in [2.05, 4.69) is 6.58 Å². The molecule has 6 heteroatoms. The molecule has 0 bridgehead atoms. The molecule has 0 saturated carbocycles. The molecule has 0 aromatic rings. The minimum absolute atomic E-state index is 0. The molecule has 0 aliphatic heterocycles. The molecule has 0 aliphatic carbocycles. The molecule has 2 N–H and O–H groups in total. The van der Waals surface area contributed by atoms with Gasteiger partial charge in [-0.2, -0.15) is 0 Å². The molecule has 0 radical (unpaired) electrons. The van der Waals surface area contributed by atoms with E-state index in [1.807, 2.05) is 13.8 Å². The van der Waals surface area contributed by atoms with Crippen molar-refractivity contribution in [1.82, 2.24) is 0 Å². The summed E-state index contributed by atoms with van der Waals surface area (Å²) in [6.45, 7) is 7.91. The van der Waals surface area contributed by atoms with Crippen molar-refractivity contribution in [2.45, 2.75) is 38.3 Å². The highest BCUT2D eigenvalue weighted by molar-refractivity contribution is 6.60. The highest BCUT2D eigenvalue weighted by atomic mass is 35.5. The van der Waals surface area contributed by atoms with Crippen molar-refractivity contribution < 1.29 is 13.3 Å². The molecule has 0 unspecified atom stereocenters. The Hall–Kier alpha value is 0.0869. The second-order valence-electron chi connectivity index (χ2n) is 4.47. The van der Waals surface area contributed by atoms with E-state index in [4.69, 9.17) is 19.0 Å². The van der Waals surface area contributed by atoms with Crippen LogP contribution in [0.5, 0.6) is 0 Å². The lowest BCUT2D eigenvalue weighted by atomic mass is 9.93. The molecule has 0 amide bonds. The van der Waals surface area contributed by atoms with Crippen LogP contribution in [0.2, 0.25) is 6.04 Å². The third-order valence-corrected chi connectivity index (χ3v) is 5.64. The third-order valence-electron chi connectivity index (χ3n) is 2.81. The molecule has 0 saturated heterocycles. The molecule has 104 valence electrons. The molecule has 0 heterocycles. The molecular weight excluding hydrogens is 258 g/mol. The second kappa shape index (κ2) is 8.23. The van der Waals surface area contributed by atoms with Gasteiger partial charge in [0.1, 0.15) is 0 Å². The standard InChI is InChI=1S/C11H25NO3Si.ClH/c1-10(11(2,3)12)8-7-9-16(13-4,14-5)15-6;/h1,7-9,12H2,2-6H3;1H. The summed E-state index contributed by atoms with van der Waals surface area (Å²) in [6.07, 6.45) is 1.79. The normalized spacial score (nSPS) is 12.1. The quantitative estimate of drug-likeness (QED) is 0.549. The molecule has 4 nitrogen and oxygen atoms in total. The van der Waals surface area contributed by atoms with E-state index in [1.165, 1.54) is 0 Å². The third kappa shape index (κ3) is 6.54. The highest BCUT2D eigenvalue weighted by Crippen LogP contribution is 2.22. The lowest BCUT2D eigenvalue weighted by Gasteiger charge is -2.26. The first-order valence-corrected chi connectivity index (χ1v) is 7.37.